The smallest absolute Gasteiger partial charge is 0.230 e. The third-order valence-electron chi connectivity index (χ3n) is 4.50. The van der Waals surface area contributed by atoms with Gasteiger partial charge in [0.05, 0.1) is 17.0 Å². The van der Waals surface area contributed by atoms with E-state index in [-0.39, 0.29) is 11.3 Å². The van der Waals surface area contributed by atoms with Crippen LogP contribution in [0.3, 0.4) is 0 Å². The summed E-state index contributed by atoms with van der Waals surface area (Å²) < 4.78 is 0. The molecule has 2 rings (SSSR count). The molecule has 0 aromatic heterocycles. The van der Waals surface area contributed by atoms with Gasteiger partial charge in [0, 0.05) is 20.1 Å². The minimum Gasteiger partial charge on any atom is -0.341 e. The van der Waals surface area contributed by atoms with Crippen molar-refractivity contribution < 1.29 is 4.79 Å². The summed E-state index contributed by atoms with van der Waals surface area (Å²) in [5, 5.41) is 8.81. The Hall–Kier alpha value is -1.86. The second kappa shape index (κ2) is 6.73. The highest BCUT2D eigenvalue weighted by atomic mass is 16.2. The van der Waals surface area contributed by atoms with E-state index in [9.17, 15) is 4.79 Å². The van der Waals surface area contributed by atoms with Crippen LogP contribution >= 0.6 is 0 Å². The Labute approximate surface area is 126 Å². The zero-order valence-electron chi connectivity index (χ0n) is 12.6. The monoisotopic (exact) mass is 285 g/mol. The molecule has 0 saturated heterocycles. The molecule has 0 heterocycles. The first kappa shape index (κ1) is 15.5. The molecule has 0 unspecified atom stereocenters. The molecular formula is C17H23N3O. The number of nitrogens with zero attached hydrogens (tertiary/aromatic N) is 2. The molecule has 1 aromatic carbocycles. The highest BCUT2D eigenvalue weighted by molar-refractivity contribution is 5.83. The molecule has 0 bridgehead atoms. The molecule has 1 fully saturated rings. The number of benzene rings is 1. The van der Waals surface area contributed by atoms with E-state index in [2.05, 4.69) is 6.07 Å². The molecule has 0 spiro atoms. The van der Waals surface area contributed by atoms with Crippen LogP contribution in [0.4, 0.5) is 0 Å². The van der Waals surface area contributed by atoms with Crippen molar-refractivity contribution in [3.05, 3.63) is 35.4 Å². The van der Waals surface area contributed by atoms with Gasteiger partial charge >= 0.3 is 0 Å². The summed E-state index contributed by atoms with van der Waals surface area (Å²) in [5.41, 5.74) is 7.24. The minimum atomic E-state index is -0.362. The summed E-state index contributed by atoms with van der Waals surface area (Å²) in [6, 6.07) is 9.47. The van der Waals surface area contributed by atoms with E-state index in [0.29, 0.717) is 18.7 Å². The molecule has 1 saturated carbocycles. The van der Waals surface area contributed by atoms with Gasteiger partial charge in [-0.3, -0.25) is 4.79 Å². The van der Waals surface area contributed by atoms with Crippen molar-refractivity contribution in [1.29, 1.82) is 5.26 Å². The fraction of sp³-hybridized carbons (Fsp3) is 0.529. The standard InChI is InChI=1S/C17H23N3O/c1-20(12-15-7-5-14(11-18)6-8-15)16(21)17(13-19)9-3-2-4-10-17/h5-8H,2-4,9-10,12-13,19H2,1H3. The first-order valence-electron chi connectivity index (χ1n) is 7.56. The molecule has 0 aliphatic heterocycles. The molecule has 0 atom stereocenters. The van der Waals surface area contributed by atoms with Crippen LogP contribution in [-0.4, -0.2) is 24.4 Å². The number of carbonyl (C=O) groups excluding carboxylic acids is 1. The first-order valence-corrected chi connectivity index (χ1v) is 7.56. The first-order chi connectivity index (χ1) is 10.1. The maximum absolute atomic E-state index is 12.8. The molecule has 2 N–H and O–H groups in total. The van der Waals surface area contributed by atoms with Gasteiger partial charge in [0.15, 0.2) is 0 Å². The Kier molecular flexibility index (Phi) is 4.98. The van der Waals surface area contributed by atoms with Gasteiger partial charge in [-0.2, -0.15) is 5.26 Å². The lowest BCUT2D eigenvalue weighted by molar-refractivity contribution is -0.142. The summed E-state index contributed by atoms with van der Waals surface area (Å²) >= 11 is 0. The minimum absolute atomic E-state index is 0.161. The average Bonchev–Trinajstić information content (AvgIpc) is 2.55. The zero-order valence-corrected chi connectivity index (χ0v) is 12.6. The Balaban J connectivity index is 2.05. The van der Waals surface area contributed by atoms with Gasteiger partial charge in [-0.15, -0.1) is 0 Å². The van der Waals surface area contributed by atoms with E-state index < -0.39 is 0 Å². The molecular weight excluding hydrogens is 262 g/mol. The lowest BCUT2D eigenvalue weighted by Gasteiger charge is -2.37. The summed E-state index contributed by atoms with van der Waals surface area (Å²) in [7, 11) is 1.84. The van der Waals surface area contributed by atoms with Crippen molar-refractivity contribution >= 4 is 5.91 Å². The van der Waals surface area contributed by atoms with Crippen molar-refractivity contribution in [2.75, 3.05) is 13.6 Å². The van der Waals surface area contributed by atoms with Gasteiger partial charge in [-0.1, -0.05) is 31.4 Å². The van der Waals surface area contributed by atoms with E-state index in [4.69, 9.17) is 11.0 Å². The predicted octanol–water partition coefficient (Wildman–Crippen LogP) is 2.43. The molecule has 4 heteroatoms. The molecule has 112 valence electrons. The van der Waals surface area contributed by atoms with Crippen LogP contribution in [0.1, 0.15) is 43.2 Å². The molecule has 21 heavy (non-hydrogen) atoms. The predicted molar refractivity (Wildman–Crippen MR) is 82.2 cm³/mol. The number of hydrogen-bond acceptors (Lipinski definition) is 3. The molecule has 4 nitrogen and oxygen atoms in total. The van der Waals surface area contributed by atoms with Gasteiger partial charge in [-0.25, -0.2) is 0 Å². The van der Waals surface area contributed by atoms with Crippen LogP contribution in [0.25, 0.3) is 0 Å². The largest absolute Gasteiger partial charge is 0.341 e. The molecule has 1 aromatic rings. The van der Waals surface area contributed by atoms with Gasteiger partial charge in [0.25, 0.3) is 0 Å². The molecule has 0 radical (unpaired) electrons. The van der Waals surface area contributed by atoms with Crippen LogP contribution < -0.4 is 5.73 Å². The number of hydrogen-bond donors (Lipinski definition) is 1. The van der Waals surface area contributed by atoms with Crippen LogP contribution in [0.2, 0.25) is 0 Å². The van der Waals surface area contributed by atoms with E-state index >= 15 is 0 Å². The van der Waals surface area contributed by atoms with Crippen molar-refractivity contribution in [3.8, 4) is 6.07 Å². The van der Waals surface area contributed by atoms with Gasteiger partial charge in [0.1, 0.15) is 0 Å². The number of carbonyl (C=O) groups is 1. The van der Waals surface area contributed by atoms with Gasteiger partial charge in [0.2, 0.25) is 5.91 Å². The second-order valence-corrected chi connectivity index (χ2v) is 6.02. The van der Waals surface area contributed by atoms with E-state index in [1.807, 2.05) is 19.2 Å². The molecule has 1 amide bonds. The Morgan fingerprint density at radius 2 is 1.90 bits per heavy atom. The van der Waals surface area contributed by atoms with Crippen molar-refractivity contribution in [1.82, 2.24) is 4.90 Å². The van der Waals surface area contributed by atoms with Gasteiger partial charge in [-0.05, 0) is 30.5 Å². The third kappa shape index (κ3) is 3.43. The molecule has 1 aliphatic carbocycles. The van der Waals surface area contributed by atoms with E-state index in [1.165, 1.54) is 6.42 Å². The SMILES string of the molecule is CN(Cc1ccc(C#N)cc1)C(=O)C1(CN)CCCCC1. The highest BCUT2D eigenvalue weighted by Crippen LogP contribution is 2.37. The van der Waals surface area contributed by atoms with E-state index in [1.54, 1.807) is 17.0 Å². The summed E-state index contributed by atoms with van der Waals surface area (Å²) in [4.78, 5) is 14.5. The van der Waals surface area contributed by atoms with E-state index in [0.717, 1.165) is 31.2 Å². The number of nitriles is 1. The van der Waals surface area contributed by atoms with Gasteiger partial charge < -0.3 is 10.6 Å². The third-order valence-corrected chi connectivity index (χ3v) is 4.50. The van der Waals surface area contributed by atoms with Crippen LogP contribution in [0, 0.1) is 16.7 Å². The van der Waals surface area contributed by atoms with Crippen molar-refractivity contribution in [2.45, 2.75) is 38.6 Å². The second-order valence-electron chi connectivity index (χ2n) is 6.02. The van der Waals surface area contributed by atoms with Crippen molar-refractivity contribution in [2.24, 2.45) is 11.1 Å². The van der Waals surface area contributed by atoms with Crippen LogP contribution in [0.15, 0.2) is 24.3 Å². The summed E-state index contributed by atoms with van der Waals surface area (Å²) in [5.74, 6) is 0.161. The summed E-state index contributed by atoms with van der Waals surface area (Å²) in [6.45, 7) is 0.996. The average molecular weight is 285 g/mol. The topological polar surface area (TPSA) is 70.1 Å². The highest BCUT2D eigenvalue weighted by Gasteiger charge is 2.39. The number of amides is 1. The Morgan fingerprint density at radius 1 is 1.29 bits per heavy atom. The molecule has 1 aliphatic rings. The zero-order chi connectivity index (χ0) is 15.3. The lowest BCUT2D eigenvalue weighted by Crippen LogP contribution is -2.47. The Morgan fingerprint density at radius 3 is 2.43 bits per heavy atom. The maximum Gasteiger partial charge on any atom is 0.230 e. The normalized spacial score (nSPS) is 17.0. The number of rotatable bonds is 4. The van der Waals surface area contributed by atoms with Crippen LogP contribution in [-0.2, 0) is 11.3 Å². The lowest BCUT2D eigenvalue weighted by atomic mass is 9.73. The summed E-state index contributed by atoms with van der Waals surface area (Å²) in [6.07, 6.45) is 5.19. The van der Waals surface area contributed by atoms with Crippen LogP contribution in [0.5, 0.6) is 0 Å². The quantitative estimate of drug-likeness (QED) is 0.923. The maximum atomic E-state index is 12.8. The Bertz CT molecular complexity index is 524. The fourth-order valence-electron chi connectivity index (χ4n) is 3.17. The van der Waals surface area contributed by atoms with Crippen molar-refractivity contribution in [3.63, 3.8) is 0 Å². The number of nitrogens with two attached hydrogens (primary N) is 1. The fourth-order valence-corrected chi connectivity index (χ4v) is 3.17.